The highest BCUT2D eigenvalue weighted by molar-refractivity contribution is 7.90. The minimum Gasteiger partial charge on any atom is -0.378 e. The number of nitrogens with one attached hydrogen (secondary N) is 1. The Morgan fingerprint density at radius 1 is 1.56 bits per heavy atom. The second-order valence-corrected chi connectivity index (χ2v) is 6.18. The Morgan fingerprint density at radius 2 is 2.17 bits per heavy atom. The molecule has 1 rings (SSSR count). The predicted molar refractivity (Wildman–Crippen MR) is 68.1 cm³/mol. The monoisotopic (exact) mass is 274 g/mol. The Bertz CT molecular complexity index is 558. The van der Waals surface area contributed by atoms with Gasteiger partial charge >= 0.3 is 5.69 Å². The molecule has 8 nitrogen and oxygen atoms in total. The van der Waals surface area contributed by atoms with Gasteiger partial charge in [0.15, 0.2) is 0 Å². The van der Waals surface area contributed by atoms with Crippen molar-refractivity contribution in [3.63, 3.8) is 0 Å². The number of nitrogens with two attached hydrogens (primary N) is 1. The molecule has 0 radical (unpaired) electrons. The zero-order chi connectivity index (χ0) is 13.9. The standard InChI is InChI=1S/C9H14N4O4S/c1-6(5-18(2,16)17)11-8-4-3-7(13(14)15)9(10)12-8/h3-4,6H,5H2,1-2H3,(H3,10,11,12). The van der Waals surface area contributed by atoms with Crippen molar-refractivity contribution >= 4 is 27.2 Å². The van der Waals surface area contributed by atoms with Crippen LogP contribution in [-0.2, 0) is 9.84 Å². The largest absolute Gasteiger partial charge is 0.378 e. The van der Waals surface area contributed by atoms with Crippen LogP contribution in [0.1, 0.15) is 6.92 Å². The fraction of sp³-hybridized carbons (Fsp3) is 0.444. The van der Waals surface area contributed by atoms with E-state index in [1.165, 1.54) is 12.1 Å². The lowest BCUT2D eigenvalue weighted by Crippen LogP contribution is -2.25. The first-order valence-corrected chi connectivity index (χ1v) is 7.10. The van der Waals surface area contributed by atoms with E-state index in [1.54, 1.807) is 6.92 Å². The molecular weight excluding hydrogens is 260 g/mol. The Hall–Kier alpha value is -1.90. The van der Waals surface area contributed by atoms with Crippen LogP contribution in [0.2, 0.25) is 0 Å². The van der Waals surface area contributed by atoms with E-state index < -0.39 is 14.8 Å². The first-order chi connectivity index (χ1) is 8.19. The molecule has 0 saturated heterocycles. The number of sulfone groups is 1. The van der Waals surface area contributed by atoms with Gasteiger partial charge in [0.1, 0.15) is 15.7 Å². The molecule has 1 heterocycles. The van der Waals surface area contributed by atoms with E-state index in [0.29, 0.717) is 5.82 Å². The second kappa shape index (κ2) is 5.17. The van der Waals surface area contributed by atoms with Crippen molar-refractivity contribution in [2.45, 2.75) is 13.0 Å². The Kier molecular flexibility index (Phi) is 4.07. The quantitative estimate of drug-likeness (QED) is 0.588. The van der Waals surface area contributed by atoms with E-state index >= 15 is 0 Å². The van der Waals surface area contributed by atoms with Gasteiger partial charge in [0.2, 0.25) is 5.82 Å². The molecule has 0 aromatic carbocycles. The third-order valence-electron chi connectivity index (χ3n) is 2.05. The molecular formula is C9H14N4O4S. The number of nitrogens with zero attached hydrogens (tertiary/aromatic N) is 2. The number of hydrogen-bond donors (Lipinski definition) is 2. The molecule has 1 unspecified atom stereocenters. The van der Waals surface area contributed by atoms with E-state index in [2.05, 4.69) is 10.3 Å². The maximum Gasteiger partial charge on any atom is 0.311 e. The van der Waals surface area contributed by atoms with Crippen molar-refractivity contribution in [3.8, 4) is 0 Å². The summed E-state index contributed by atoms with van der Waals surface area (Å²) in [6.45, 7) is 1.67. The van der Waals surface area contributed by atoms with Gasteiger partial charge in [0.25, 0.3) is 0 Å². The van der Waals surface area contributed by atoms with Gasteiger partial charge in [-0.1, -0.05) is 0 Å². The van der Waals surface area contributed by atoms with E-state index in [0.717, 1.165) is 6.26 Å². The maximum absolute atomic E-state index is 11.1. The fourth-order valence-electron chi connectivity index (χ4n) is 1.45. The molecule has 0 aliphatic carbocycles. The molecule has 0 spiro atoms. The number of nitrogen functional groups attached to an aromatic ring is 1. The van der Waals surface area contributed by atoms with E-state index in [1.807, 2.05) is 0 Å². The van der Waals surface area contributed by atoms with E-state index in [-0.39, 0.29) is 23.3 Å². The summed E-state index contributed by atoms with van der Waals surface area (Å²) in [4.78, 5) is 13.7. The van der Waals surface area contributed by atoms with Gasteiger partial charge < -0.3 is 11.1 Å². The molecule has 1 aromatic rings. The number of anilines is 2. The molecule has 0 bridgehead atoms. The van der Waals surface area contributed by atoms with Crippen molar-refractivity contribution in [3.05, 3.63) is 22.2 Å². The summed E-state index contributed by atoms with van der Waals surface area (Å²) in [5.41, 5.74) is 5.13. The summed E-state index contributed by atoms with van der Waals surface area (Å²) in [6.07, 6.45) is 1.13. The van der Waals surface area contributed by atoms with Crippen LogP contribution in [0.4, 0.5) is 17.3 Å². The fourth-order valence-corrected chi connectivity index (χ4v) is 2.44. The molecule has 3 N–H and O–H groups in total. The number of nitro groups is 1. The normalized spacial score (nSPS) is 13.0. The van der Waals surface area contributed by atoms with Crippen molar-refractivity contribution in [1.29, 1.82) is 0 Å². The van der Waals surface area contributed by atoms with Crippen LogP contribution in [0.25, 0.3) is 0 Å². The van der Waals surface area contributed by atoms with Crippen molar-refractivity contribution in [1.82, 2.24) is 4.98 Å². The molecule has 0 amide bonds. The average molecular weight is 274 g/mol. The van der Waals surface area contributed by atoms with Crippen molar-refractivity contribution < 1.29 is 13.3 Å². The Morgan fingerprint density at radius 3 is 2.61 bits per heavy atom. The highest BCUT2D eigenvalue weighted by Gasteiger charge is 2.15. The van der Waals surface area contributed by atoms with Crippen molar-refractivity contribution in [2.24, 2.45) is 0 Å². The molecule has 0 fully saturated rings. The van der Waals surface area contributed by atoms with Gasteiger partial charge in [-0.05, 0) is 13.0 Å². The number of rotatable bonds is 5. The minimum atomic E-state index is -3.10. The Balaban J connectivity index is 2.81. The van der Waals surface area contributed by atoms with Crippen LogP contribution in [0.5, 0.6) is 0 Å². The SMILES string of the molecule is CC(CS(C)(=O)=O)Nc1ccc([N+](=O)[O-])c(N)n1. The summed E-state index contributed by atoms with van der Waals surface area (Å²) in [6, 6.07) is 2.24. The molecule has 0 aliphatic heterocycles. The first kappa shape index (κ1) is 14.2. The summed E-state index contributed by atoms with van der Waals surface area (Å²) < 4.78 is 22.1. The lowest BCUT2D eigenvalue weighted by Gasteiger charge is -2.13. The summed E-state index contributed by atoms with van der Waals surface area (Å²) in [5.74, 6) is 0.0248. The van der Waals surface area contributed by atoms with Gasteiger partial charge in [0, 0.05) is 18.4 Å². The number of pyridine rings is 1. The summed E-state index contributed by atoms with van der Waals surface area (Å²) in [7, 11) is -3.10. The molecule has 1 atom stereocenters. The average Bonchev–Trinajstić information content (AvgIpc) is 2.13. The van der Waals surface area contributed by atoms with Crippen LogP contribution in [0.15, 0.2) is 12.1 Å². The summed E-state index contributed by atoms with van der Waals surface area (Å²) >= 11 is 0. The van der Waals surface area contributed by atoms with Crippen molar-refractivity contribution in [2.75, 3.05) is 23.1 Å². The van der Waals surface area contributed by atoms with Crippen LogP contribution in [0, 0.1) is 10.1 Å². The van der Waals surface area contributed by atoms with Crippen LogP contribution in [-0.4, -0.2) is 36.4 Å². The van der Waals surface area contributed by atoms with E-state index in [9.17, 15) is 18.5 Å². The zero-order valence-electron chi connectivity index (χ0n) is 9.95. The lowest BCUT2D eigenvalue weighted by atomic mass is 10.3. The predicted octanol–water partition coefficient (Wildman–Crippen LogP) is 0.417. The van der Waals surface area contributed by atoms with Gasteiger partial charge in [0.05, 0.1) is 10.7 Å². The second-order valence-electron chi connectivity index (χ2n) is 4.00. The smallest absolute Gasteiger partial charge is 0.311 e. The van der Waals surface area contributed by atoms with Gasteiger partial charge in [-0.15, -0.1) is 0 Å². The first-order valence-electron chi connectivity index (χ1n) is 5.04. The minimum absolute atomic E-state index is 0.0639. The lowest BCUT2D eigenvalue weighted by molar-refractivity contribution is -0.384. The molecule has 0 saturated carbocycles. The number of aromatic nitrogens is 1. The molecule has 100 valence electrons. The highest BCUT2D eigenvalue weighted by Crippen LogP contribution is 2.21. The summed E-state index contributed by atoms with van der Waals surface area (Å²) in [5, 5.41) is 13.3. The third kappa shape index (κ3) is 4.17. The van der Waals surface area contributed by atoms with E-state index in [4.69, 9.17) is 5.73 Å². The molecule has 18 heavy (non-hydrogen) atoms. The molecule has 0 aliphatic rings. The highest BCUT2D eigenvalue weighted by atomic mass is 32.2. The van der Waals surface area contributed by atoms with Crippen LogP contribution >= 0.6 is 0 Å². The van der Waals surface area contributed by atoms with Crippen LogP contribution < -0.4 is 11.1 Å². The van der Waals surface area contributed by atoms with Crippen LogP contribution in [0.3, 0.4) is 0 Å². The third-order valence-corrected chi connectivity index (χ3v) is 3.15. The molecule has 1 aromatic heterocycles. The van der Waals surface area contributed by atoms with Gasteiger partial charge in [-0.25, -0.2) is 13.4 Å². The zero-order valence-corrected chi connectivity index (χ0v) is 10.8. The molecule has 9 heteroatoms. The topological polar surface area (TPSA) is 128 Å². The maximum atomic E-state index is 11.1. The number of hydrogen-bond acceptors (Lipinski definition) is 7. The van der Waals surface area contributed by atoms with Gasteiger partial charge in [-0.2, -0.15) is 0 Å². The Labute approximate surface area is 104 Å². The van der Waals surface area contributed by atoms with Gasteiger partial charge in [-0.3, -0.25) is 10.1 Å².